The number of halogens is 2. The number of imidazole rings is 1. The molecule has 6 nitrogen and oxygen atoms in total. The molecule has 0 N–H and O–H groups in total. The smallest absolute Gasteiger partial charge is 0.269 e. The third-order valence-corrected chi connectivity index (χ3v) is 7.70. The molecule has 0 atom stereocenters. The second-order valence-corrected chi connectivity index (χ2v) is 9.68. The van der Waals surface area contributed by atoms with E-state index in [4.69, 9.17) is 0 Å². The molecule has 1 saturated heterocycles. The Morgan fingerprint density at radius 3 is 2.52 bits per heavy atom. The van der Waals surface area contributed by atoms with Crippen LogP contribution < -0.4 is 0 Å². The minimum Gasteiger partial charge on any atom is -0.269 e. The van der Waals surface area contributed by atoms with Crippen molar-refractivity contribution < 1.29 is 17.2 Å². The number of rotatable bonds is 6. The number of benzene rings is 1. The van der Waals surface area contributed by atoms with Gasteiger partial charge >= 0.3 is 6.55 Å². The molecule has 3 heterocycles. The van der Waals surface area contributed by atoms with Gasteiger partial charge in [0.25, 0.3) is 0 Å². The number of thioether (sulfide) groups is 1. The molecule has 0 saturated carbocycles. The first-order valence-electron chi connectivity index (χ1n) is 9.30. The average molecular weight is 439 g/mol. The quantitative estimate of drug-likeness (QED) is 0.537. The van der Waals surface area contributed by atoms with Gasteiger partial charge in [-0.25, -0.2) is 18.4 Å². The van der Waals surface area contributed by atoms with Crippen LogP contribution >= 0.6 is 11.8 Å². The number of aromatic nitrogens is 3. The fourth-order valence-electron chi connectivity index (χ4n) is 3.41. The highest BCUT2D eigenvalue weighted by Crippen LogP contribution is 2.28. The molecule has 154 valence electrons. The number of hydrogen-bond acceptors (Lipinski definition) is 5. The molecule has 0 spiro atoms. The normalized spacial score (nSPS) is 16.0. The van der Waals surface area contributed by atoms with Crippen molar-refractivity contribution in [3.05, 3.63) is 48.4 Å². The van der Waals surface area contributed by atoms with Gasteiger partial charge in [-0.2, -0.15) is 13.1 Å². The highest BCUT2D eigenvalue weighted by atomic mass is 32.2. The van der Waals surface area contributed by atoms with Gasteiger partial charge in [-0.3, -0.25) is 4.57 Å². The van der Waals surface area contributed by atoms with Crippen LogP contribution in [0.3, 0.4) is 0 Å². The van der Waals surface area contributed by atoms with Crippen LogP contribution in [-0.4, -0.2) is 40.3 Å². The van der Waals surface area contributed by atoms with Gasteiger partial charge in [0.05, 0.1) is 21.8 Å². The number of fused-ring (bicyclic) bond motifs is 1. The molecule has 2 aromatic heterocycles. The lowest BCUT2D eigenvalue weighted by atomic mass is 10.2. The molecule has 1 aliphatic rings. The molecule has 0 bridgehead atoms. The number of nitrogens with zero attached hydrogens (tertiary/aromatic N) is 4. The Kier molecular flexibility index (Phi) is 5.84. The number of alkyl halides is 2. The first kappa shape index (κ1) is 20.2. The number of piperidine rings is 1. The lowest BCUT2D eigenvalue weighted by Crippen LogP contribution is -2.35. The van der Waals surface area contributed by atoms with Gasteiger partial charge in [-0.05, 0) is 37.1 Å². The van der Waals surface area contributed by atoms with E-state index in [1.807, 2.05) is 0 Å². The second-order valence-electron chi connectivity index (χ2n) is 6.75. The van der Waals surface area contributed by atoms with E-state index >= 15 is 0 Å². The second kappa shape index (κ2) is 8.37. The maximum atomic E-state index is 13.5. The van der Waals surface area contributed by atoms with Crippen LogP contribution in [0.4, 0.5) is 8.78 Å². The first-order chi connectivity index (χ1) is 14.0. The summed E-state index contributed by atoms with van der Waals surface area (Å²) in [7, 11) is -3.54. The van der Waals surface area contributed by atoms with Gasteiger partial charge in [0.15, 0.2) is 0 Å². The van der Waals surface area contributed by atoms with Crippen LogP contribution in [0.2, 0.25) is 0 Å². The standard InChI is InChI=1S/C19H20F2N4O2S2/c20-19(21)25-16-7-3-2-6-15(16)23-17(25)13-28-18-9-8-14(12-22-18)29(26,27)24-10-4-1-5-11-24/h2-3,6-9,12,19H,1,4-5,10-11,13H2. The van der Waals surface area contributed by atoms with Gasteiger partial charge in [0, 0.05) is 19.3 Å². The summed E-state index contributed by atoms with van der Waals surface area (Å²) in [6, 6.07) is 9.89. The minimum absolute atomic E-state index is 0.156. The highest BCUT2D eigenvalue weighted by molar-refractivity contribution is 7.98. The largest absolute Gasteiger partial charge is 0.320 e. The third-order valence-electron chi connectivity index (χ3n) is 4.88. The predicted octanol–water partition coefficient (Wildman–Crippen LogP) is 4.29. The zero-order valence-electron chi connectivity index (χ0n) is 15.5. The summed E-state index contributed by atoms with van der Waals surface area (Å²) in [6.07, 6.45) is 4.11. The van der Waals surface area contributed by atoms with E-state index < -0.39 is 16.6 Å². The lowest BCUT2D eigenvalue weighted by Gasteiger charge is -2.25. The van der Waals surface area contributed by atoms with Crippen LogP contribution in [0.25, 0.3) is 11.0 Å². The van der Waals surface area contributed by atoms with Crippen LogP contribution in [-0.2, 0) is 15.8 Å². The third kappa shape index (κ3) is 4.15. The van der Waals surface area contributed by atoms with Crippen molar-refractivity contribution in [3.8, 4) is 0 Å². The molecule has 0 radical (unpaired) electrons. The van der Waals surface area contributed by atoms with E-state index in [1.54, 1.807) is 30.3 Å². The molecule has 1 aromatic carbocycles. The molecule has 3 aromatic rings. The maximum absolute atomic E-state index is 13.5. The van der Waals surface area contributed by atoms with Crippen LogP contribution in [0.1, 0.15) is 31.6 Å². The topological polar surface area (TPSA) is 68.1 Å². The number of para-hydroxylation sites is 2. The molecule has 1 aliphatic heterocycles. The van der Waals surface area contributed by atoms with Crippen LogP contribution in [0.5, 0.6) is 0 Å². The fourth-order valence-corrected chi connectivity index (χ4v) is 5.65. The van der Waals surface area contributed by atoms with Gasteiger partial charge in [0.2, 0.25) is 10.0 Å². The van der Waals surface area contributed by atoms with Gasteiger partial charge in [-0.1, -0.05) is 30.3 Å². The monoisotopic (exact) mass is 438 g/mol. The Morgan fingerprint density at radius 2 is 1.83 bits per heavy atom. The van der Waals surface area contributed by atoms with Crippen molar-refractivity contribution >= 4 is 32.8 Å². The van der Waals surface area contributed by atoms with Gasteiger partial charge < -0.3 is 0 Å². The minimum atomic E-state index is -3.54. The summed E-state index contributed by atoms with van der Waals surface area (Å²) in [4.78, 5) is 8.67. The van der Waals surface area contributed by atoms with Crippen molar-refractivity contribution in [2.45, 2.75) is 41.5 Å². The summed E-state index contributed by atoms with van der Waals surface area (Å²) in [5, 5.41) is 0.551. The zero-order valence-corrected chi connectivity index (χ0v) is 17.2. The molecule has 0 amide bonds. The molecule has 0 unspecified atom stereocenters. The highest BCUT2D eigenvalue weighted by Gasteiger charge is 2.26. The van der Waals surface area contributed by atoms with E-state index in [1.165, 1.54) is 28.3 Å². The molecule has 10 heteroatoms. The summed E-state index contributed by atoms with van der Waals surface area (Å²) in [5.41, 5.74) is 0.897. The van der Waals surface area contributed by atoms with Crippen LogP contribution in [0, 0.1) is 0 Å². The van der Waals surface area contributed by atoms with Gasteiger partial charge in [-0.15, -0.1) is 0 Å². The van der Waals surface area contributed by atoms with E-state index in [0.29, 0.717) is 29.1 Å². The molecule has 29 heavy (non-hydrogen) atoms. The summed E-state index contributed by atoms with van der Waals surface area (Å²) in [6.45, 7) is -1.63. The Labute approximate surface area is 172 Å². The van der Waals surface area contributed by atoms with Crippen molar-refractivity contribution in [1.82, 2.24) is 18.8 Å². The molecule has 1 fully saturated rings. The molecule has 4 rings (SSSR count). The SMILES string of the molecule is O=S(=O)(c1ccc(SCc2nc3ccccc3n2C(F)F)nc1)N1CCCCC1. The van der Waals surface area contributed by atoms with E-state index in [9.17, 15) is 17.2 Å². The van der Waals surface area contributed by atoms with E-state index in [-0.39, 0.29) is 16.5 Å². The number of hydrogen-bond donors (Lipinski definition) is 0. The average Bonchev–Trinajstić information content (AvgIpc) is 3.12. The van der Waals surface area contributed by atoms with Crippen molar-refractivity contribution in [2.75, 3.05) is 13.1 Å². The number of pyridine rings is 1. The summed E-state index contributed by atoms with van der Waals surface area (Å²) < 4.78 is 54.8. The van der Waals surface area contributed by atoms with Crippen molar-refractivity contribution in [1.29, 1.82) is 0 Å². The van der Waals surface area contributed by atoms with Crippen molar-refractivity contribution in [3.63, 3.8) is 0 Å². The Morgan fingerprint density at radius 1 is 1.07 bits per heavy atom. The maximum Gasteiger partial charge on any atom is 0.320 e. The summed E-state index contributed by atoms with van der Waals surface area (Å²) >= 11 is 1.24. The Bertz CT molecular complexity index is 1100. The van der Waals surface area contributed by atoms with E-state index in [2.05, 4.69) is 9.97 Å². The number of sulfonamides is 1. The molecule has 0 aliphatic carbocycles. The zero-order chi connectivity index (χ0) is 20.4. The van der Waals surface area contributed by atoms with Crippen molar-refractivity contribution in [2.24, 2.45) is 0 Å². The summed E-state index contributed by atoms with van der Waals surface area (Å²) in [5.74, 6) is 0.447. The van der Waals surface area contributed by atoms with Crippen LogP contribution in [0.15, 0.2) is 52.5 Å². The first-order valence-corrected chi connectivity index (χ1v) is 11.7. The Balaban J connectivity index is 1.50. The molecular formula is C19H20F2N4O2S2. The fraction of sp³-hybridized carbons (Fsp3) is 0.368. The molecular weight excluding hydrogens is 418 g/mol. The predicted molar refractivity (Wildman–Crippen MR) is 107 cm³/mol. The Hall–Kier alpha value is -2.04. The lowest BCUT2D eigenvalue weighted by molar-refractivity contribution is 0.0722. The van der Waals surface area contributed by atoms with E-state index in [0.717, 1.165) is 23.8 Å². The van der Waals surface area contributed by atoms with Gasteiger partial charge in [0.1, 0.15) is 10.7 Å².